The summed E-state index contributed by atoms with van der Waals surface area (Å²) in [4.78, 5) is 10.7. The van der Waals surface area contributed by atoms with E-state index < -0.39 is 5.97 Å². The van der Waals surface area contributed by atoms with Crippen molar-refractivity contribution in [3.05, 3.63) is 23.7 Å². The molecule has 0 aliphatic carbocycles. The molecule has 0 amide bonds. The van der Waals surface area contributed by atoms with Gasteiger partial charge in [-0.2, -0.15) is 0 Å². The molecule has 2 N–H and O–H groups in total. The normalized spacial score (nSPS) is 19.1. The highest BCUT2D eigenvalue weighted by Gasteiger charge is 2.17. The third-order valence-electron chi connectivity index (χ3n) is 2.65. The van der Waals surface area contributed by atoms with E-state index in [-0.39, 0.29) is 11.8 Å². The van der Waals surface area contributed by atoms with E-state index in [9.17, 15) is 4.79 Å². The van der Waals surface area contributed by atoms with Gasteiger partial charge in [-0.3, -0.25) is 0 Å². The van der Waals surface area contributed by atoms with Crippen LogP contribution in [0.3, 0.4) is 0 Å². The maximum atomic E-state index is 10.7. The fourth-order valence-corrected chi connectivity index (χ4v) is 1.73. The Hall–Kier alpha value is -1.37. The van der Waals surface area contributed by atoms with Crippen molar-refractivity contribution in [2.75, 3.05) is 26.3 Å². The molecule has 1 aliphatic heterocycles. The van der Waals surface area contributed by atoms with Crippen LogP contribution in [0.25, 0.3) is 0 Å². The van der Waals surface area contributed by atoms with Gasteiger partial charge >= 0.3 is 5.97 Å². The first-order chi connectivity index (χ1) is 8.16. The molecule has 2 rings (SSSR count). The first kappa shape index (κ1) is 12.1. The van der Waals surface area contributed by atoms with Gasteiger partial charge in [-0.1, -0.05) is 0 Å². The van der Waals surface area contributed by atoms with Crippen LogP contribution in [0.2, 0.25) is 0 Å². The van der Waals surface area contributed by atoms with Gasteiger partial charge in [0.25, 0.3) is 0 Å². The number of hydrogen-bond acceptors (Lipinski definition) is 5. The zero-order valence-electron chi connectivity index (χ0n) is 9.68. The molecule has 6 heteroatoms. The predicted octanol–water partition coefficient (Wildman–Crippen LogP) is 0.876. The summed E-state index contributed by atoms with van der Waals surface area (Å²) in [5.74, 6) is -0.459. The number of aromatic carboxylic acids is 1. The van der Waals surface area contributed by atoms with Crippen LogP contribution < -0.4 is 5.43 Å². The lowest BCUT2D eigenvalue weighted by atomic mass is 10.3. The second-order valence-electron chi connectivity index (χ2n) is 3.96. The average molecular weight is 240 g/mol. The van der Waals surface area contributed by atoms with Crippen LogP contribution in [-0.4, -0.2) is 42.4 Å². The van der Waals surface area contributed by atoms with Crippen molar-refractivity contribution in [1.29, 1.82) is 0 Å². The molecule has 0 aromatic carbocycles. The van der Waals surface area contributed by atoms with Crippen LogP contribution in [0.15, 0.2) is 16.5 Å². The van der Waals surface area contributed by atoms with Crippen molar-refractivity contribution < 1.29 is 19.1 Å². The lowest BCUT2D eigenvalue weighted by Crippen LogP contribution is -2.46. The van der Waals surface area contributed by atoms with Gasteiger partial charge < -0.3 is 14.3 Å². The van der Waals surface area contributed by atoms with Crippen LogP contribution in [-0.2, 0) is 4.74 Å². The van der Waals surface area contributed by atoms with Crippen LogP contribution in [0.5, 0.6) is 0 Å². The minimum Gasteiger partial charge on any atom is -0.475 e. The maximum Gasteiger partial charge on any atom is 0.371 e. The van der Waals surface area contributed by atoms with Gasteiger partial charge in [-0.25, -0.2) is 15.2 Å². The molecule has 2 heterocycles. The number of ether oxygens (including phenoxy) is 1. The summed E-state index contributed by atoms with van der Waals surface area (Å²) in [7, 11) is 0. The molecular weight excluding hydrogens is 224 g/mol. The molecule has 0 radical (unpaired) electrons. The van der Waals surface area contributed by atoms with Crippen molar-refractivity contribution in [3.63, 3.8) is 0 Å². The van der Waals surface area contributed by atoms with Crippen molar-refractivity contribution >= 4 is 5.97 Å². The smallest absolute Gasteiger partial charge is 0.371 e. The van der Waals surface area contributed by atoms with Gasteiger partial charge in [0, 0.05) is 13.1 Å². The molecule has 1 atom stereocenters. The first-order valence-corrected chi connectivity index (χ1v) is 5.58. The van der Waals surface area contributed by atoms with Gasteiger partial charge in [-0.05, 0) is 19.1 Å². The van der Waals surface area contributed by atoms with Crippen molar-refractivity contribution in [1.82, 2.24) is 10.4 Å². The standard InChI is InChI=1S/C11H16N2O4/c1-8(12-13-4-6-16-7-5-13)9-2-3-10(17-9)11(14)15/h2-3,8,12H,4-7H2,1H3,(H,14,15). The van der Waals surface area contributed by atoms with E-state index in [0.717, 1.165) is 13.1 Å². The third kappa shape index (κ3) is 3.06. The van der Waals surface area contributed by atoms with E-state index in [2.05, 4.69) is 10.4 Å². The fraction of sp³-hybridized carbons (Fsp3) is 0.545. The Morgan fingerprint density at radius 1 is 1.47 bits per heavy atom. The fourth-order valence-electron chi connectivity index (χ4n) is 1.73. The van der Waals surface area contributed by atoms with Gasteiger partial charge in [0.2, 0.25) is 5.76 Å². The second kappa shape index (κ2) is 5.31. The summed E-state index contributed by atoms with van der Waals surface area (Å²) in [6.07, 6.45) is 0. The Kier molecular flexibility index (Phi) is 3.78. The quantitative estimate of drug-likeness (QED) is 0.813. The highest BCUT2D eigenvalue weighted by Crippen LogP contribution is 2.16. The third-order valence-corrected chi connectivity index (χ3v) is 2.65. The molecular formula is C11H16N2O4. The largest absolute Gasteiger partial charge is 0.475 e. The number of morpholine rings is 1. The molecule has 0 saturated carbocycles. The van der Waals surface area contributed by atoms with E-state index in [1.807, 2.05) is 6.92 Å². The number of carboxylic acids is 1. The lowest BCUT2D eigenvalue weighted by Gasteiger charge is -2.29. The Balaban J connectivity index is 1.93. The molecule has 1 saturated heterocycles. The van der Waals surface area contributed by atoms with Crippen molar-refractivity contribution in [3.8, 4) is 0 Å². The molecule has 0 spiro atoms. The topological polar surface area (TPSA) is 74.9 Å². The zero-order chi connectivity index (χ0) is 12.3. The summed E-state index contributed by atoms with van der Waals surface area (Å²) in [5.41, 5.74) is 3.25. The molecule has 1 aliphatic rings. The molecule has 1 aromatic rings. The van der Waals surface area contributed by atoms with Gasteiger partial charge in [0.1, 0.15) is 5.76 Å². The maximum absolute atomic E-state index is 10.7. The highest BCUT2D eigenvalue weighted by atomic mass is 16.5. The van der Waals surface area contributed by atoms with E-state index in [1.54, 1.807) is 6.07 Å². The van der Waals surface area contributed by atoms with E-state index >= 15 is 0 Å². The first-order valence-electron chi connectivity index (χ1n) is 5.58. The minimum atomic E-state index is -1.05. The number of nitrogens with zero attached hydrogens (tertiary/aromatic N) is 1. The molecule has 94 valence electrons. The van der Waals surface area contributed by atoms with Crippen LogP contribution in [0, 0.1) is 0 Å². The average Bonchev–Trinajstić information content (AvgIpc) is 2.79. The predicted molar refractivity (Wildman–Crippen MR) is 59.6 cm³/mol. The number of furan rings is 1. The lowest BCUT2D eigenvalue weighted by molar-refractivity contribution is 0.00309. The molecule has 17 heavy (non-hydrogen) atoms. The minimum absolute atomic E-state index is 0.0318. The second-order valence-corrected chi connectivity index (χ2v) is 3.96. The summed E-state index contributed by atoms with van der Waals surface area (Å²) < 4.78 is 10.5. The SMILES string of the molecule is CC(NN1CCOCC1)c1ccc(C(=O)O)o1. The summed E-state index contributed by atoms with van der Waals surface area (Å²) in [6.45, 7) is 4.98. The monoisotopic (exact) mass is 240 g/mol. The van der Waals surface area contributed by atoms with Crippen LogP contribution in [0.4, 0.5) is 0 Å². The Labute approximate surface area is 99.1 Å². The van der Waals surface area contributed by atoms with Crippen molar-refractivity contribution in [2.45, 2.75) is 13.0 Å². The summed E-state index contributed by atoms with van der Waals surface area (Å²) in [6, 6.07) is 3.10. The highest BCUT2D eigenvalue weighted by molar-refractivity contribution is 5.84. The van der Waals surface area contributed by atoms with Gasteiger partial charge in [0.15, 0.2) is 0 Å². The summed E-state index contributed by atoms with van der Waals surface area (Å²) in [5, 5.41) is 10.8. The van der Waals surface area contributed by atoms with Crippen LogP contribution in [0.1, 0.15) is 29.3 Å². The Bertz CT molecular complexity index is 385. The molecule has 1 aromatic heterocycles. The Morgan fingerprint density at radius 2 is 2.18 bits per heavy atom. The Morgan fingerprint density at radius 3 is 2.76 bits per heavy atom. The van der Waals surface area contributed by atoms with E-state index in [1.165, 1.54) is 6.07 Å². The number of rotatable bonds is 4. The van der Waals surface area contributed by atoms with E-state index in [4.69, 9.17) is 14.3 Å². The van der Waals surface area contributed by atoms with Crippen molar-refractivity contribution in [2.24, 2.45) is 0 Å². The molecule has 1 unspecified atom stereocenters. The number of carbonyl (C=O) groups is 1. The molecule has 0 bridgehead atoms. The number of hydrazine groups is 1. The number of carboxylic acid groups (broad SMARTS) is 1. The summed E-state index contributed by atoms with van der Waals surface area (Å²) >= 11 is 0. The number of hydrogen-bond donors (Lipinski definition) is 2. The van der Waals surface area contributed by atoms with Gasteiger partial charge in [-0.15, -0.1) is 0 Å². The van der Waals surface area contributed by atoms with E-state index in [0.29, 0.717) is 19.0 Å². The van der Waals surface area contributed by atoms with Gasteiger partial charge in [0.05, 0.1) is 19.3 Å². The van der Waals surface area contributed by atoms with Crippen LogP contribution >= 0.6 is 0 Å². The zero-order valence-corrected chi connectivity index (χ0v) is 9.68. The number of nitrogens with one attached hydrogen (secondary N) is 1. The molecule has 1 fully saturated rings. The molecule has 6 nitrogen and oxygen atoms in total.